The van der Waals surface area contributed by atoms with Crippen molar-refractivity contribution in [3.05, 3.63) is 29.3 Å². The van der Waals surface area contributed by atoms with Crippen molar-refractivity contribution in [3.63, 3.8) is 0 Å². The molecule has 70 valence electrons. The van der Waals surface area contributed by atoms with Crippen molar-refractivity contribution in [2.24, 2.45) is 0 Å². The van der Waals surface area contributed by atoms with E-state index in [1.54, 1.807) is 0 Å². The molecule has 0 aliphatic carbocycles. The maximum absolute atomic E-state index is 5.54. The van der Waals surface area contributed by atoms with Crippen LogP contribution in [0.3, 0.4) is 0 Å². The minimum atomic E-state index is 0.873. The molecule has 0 spiro atoms. The van der Waals surface area contributed by atoms with E-state index >= 15 is 0 Å². The van der Waals surface area contributed by atoms with Gasteiger partial charge in [0, 0.05) is 6.54 Å². The summed E-state index contributed by atoms with van der Waals surface area (Å²) in [5.41, 5.74) is 2.70. The predicted octanol–water partition coefficient (Wildman–Crippen LogP) is 1.73. The van der Waals surface area contributed by atoms with E-state index in [1.165, 1.54) is 11.1 Å². The van der Waals surface area contributed by atoms with E-state index in [-0.39, 0.29) is 0 Å². The maximum Gasteiger partial charge on any atom is 0.122 e. The topological polar surface area (TPSA) is 21.3 Å². The van der Waals surface area contributed by atoms with Crippen LogP contribution in [0.4, 0.5) is 0 Å². The molecule has 2 nitrogen and oxygen atoms in total. The Balaban J connectivity index is 2.24. The fourth-order valence-corrected chi connectivity index (χ4v) is 1.73. The van der Waals surface area contributed by atoms with E-state index in [0.29, 0.717) is 0 Å². The average Bonchev–Trinajstić information content (AvgIpc) is 2.18. The van der Waals surface area contributed by atoms with Crippen molar-refractivity contribution in [1.82, 2.24) is 5.32 Å². The van der Waals surface area contributed by atoms with Gasteiger partial charge in [0.05, 0.1) is 6.61 Å². The van der Waals surface area contributed by atoms with E-state index in [2.05, 4.69) is 23.5 Å². The average molecular weight is 177 g/mol. The van der Waals surface area contributed by atoms with Crippen LogP contribution in [0.1, 0.15) is 17.5 Å². The molecule has 0 unspecified atom stereocenters. The first-order valence-electron chi connectivity index (χ1n) is 4.79. The lowest BCUT2D eigenvalue weighted by Crippen LogP contribution is -2.10. The zero-order valence-electron chi connectivity index (χ0n) is 7.97. The molecule has 2 heteroatoms. The molecule has 0 saturated heterocycles. The third-order valence-corrected chi connectivity index (χ3v) is 2.35. The number of aryl methyl sites for hydroxylation is 1. The highest BCUT2D eigenvalue weighted by molar-refractivity contribution is 5.38. The van der Waals surface area contributed by atoms with Crippen molar-refractivity contribution in [2.45, 2.75) is 19.4 Å². The Morgan fingerprint density at radius 3 is 3.23 bits per heavy atom. The molecule has 0 atom stereocenters. The van der Waals surface area contributed by atoms with Gasteiger partial charge in [0.15, 0.2) is 0 Å². The van der Waals surface area contributed by atoms with Crippen molar-refractivity contribution in [3.8, 4) is 5.75 Å². The summed E-state index contributed by atoms with van der Waals surface area (Å²) in [7, 11) is 1.97. The van der Waals surface area contributed by atoms with Gasteiger partial charge in [-0.05, 0) is 37.1 Å². The fraction of sp³-hybridized carbons (Fsp3) is 0.455. The van der Waals surface area contributed by atoms with Crippen LogP contribution in [0, 0.1) is 0 Å². The highest BCUT2D eigenvalue weighted by atomic mass is 16.5. The van der Waals surface area contributed by atoms with Crippen molar-refractivity contribution in [1.29, 1.82) is 0 Å². The first-order chi connectivity index (χ1) is 6.40. The van der Waals surface area contributed by atoms with Crippen LogP contribution in [-0.2, 0) is 13.0 Å². The molecule has 1 aliphatic heterocycles. The number of nitrogens with one attached hydrogen (secondary N) is 1. The molecule has 1 N–H and O–H groups in total. The second-order valence-electron chi connectivity index (χ2n) is 3.42. The Labute approximate surface area is 78.9 Å². The van der Waals surface area contributed by atoms with Crippen LogP contribution >= 0.6 is 0 Å². The molecular weight excluding hydrogens is 162 g/mol. The second-order valence-corrected chi connectivity index (χ2v) is 3.42. The molecule has 0 saturated carbocycles. The normalized spacial score (nSPS) is 14.8. The predicted molar refractivity (Wildman–Crippen MR) is 53.0 cm³/mol. The SMILES string of the molecule is CNCc1ccc2c(c1)CCCO2. The Morgan fingerprint density at radius 2 is 2.38 bits per heavy atom. The Morgan fingerprint density at radius 1 is 1.46 bits per heavy atom. The summed E-state index contributed by atoms with van der Waals surface area (Å²) >= 11 is 0. The molecule has 0 fully saturated rings. The summed E-state index contributed by atoms with van der Waals surface area (Å²) in [6.07, 6.45) is 2.31. The third kappa shape index (κ3) is 1.83. The lowest BCUT2D eigenvalue weighted by Gasteiger charge is -2.17. The summed E-state index contributed by atoms with van der Waals surface area (Å²) in [6, 6.07) is 6.45. The fourth-order valence-electron chi connectivity index (χ4n) is 1.73. The largest absolute Gasteiger partial charge is 0.493 e. The van der Waals surface area contributed by atoms with Gasteiger partial charge < -0.3 is 10.1 Å². The van der Waals surface area contributed by atoms with E-state index in [0.717, 1.165) is 31.7 Å². The summed E-state index contributed by atoms with van der Waals surface area (Å²) in [5.74, 6) is 1.08. The zero-order chi connectivity index (χ0) is 9.10. The number of benzene rings is 1. The van der Waals surface area contributed by atoms with Crippen LogP contribution in [0.5, 0.6) is 5.75 Å². The minimum absolute atomic E-state index is 0.873. The summed E-state index contributed by atoms with van der Waals surface area (Å²) < 4.78 is 5.54. The first-order valence-corrected chi connectivity index (χ1v) is 4.79. The van der Waals surface area contributed by atoms with E-state index in [1.807, 2.05) is 7.05 Å². The van der Waals surface area contributed by atoms with Gasteiger partial charge in [-0.25, -0.2) is 0 Å². The molecule has 0 amide bonds. The number of hydrogen-bond acceptors (Lipinski definition) is 2. The zero-order valence-corrected chi connectivity index (χ0v) is 7.97. The molecule has 0 bridgehead atoms. The number of hydrogen-bond donors (Lipinski definition) is 1. The van der Waals surface area contributed by atoms with Gasteiger partial charge in [-0.3, -0.25) is 0 Å². The van der Waals surface area contributed by atoms with Gasteiger partial charge in [0.2, 0.25) is 0 Å². The highest BCUT2D eigenvalue weighted by Gasteiger charge is 2.09. The van der Waals surface area contributed by atoms with Crippen molar-refractivity contribution < 1.29 is 4.74 Å². The molecule has 0 aromatic heterocycles. The molecule has 1 aliphatic rings. The molecule has 0 radical (unpaired) electrons. The Hall–Kier alpha value is -1.02. The maximum atomic E-state index is 5.54. The lowest BCUT2D eigenvalue weighted by atomic mass is 10.0. The Kier molecular flexibility index (Phi) is 2.50. The van der Waals surface area contributed by atoms with Crippen LogP contribution in [0.15, 0.2) is 18.2 Å². The van der Waals surface area contributed by atoms with E-state index in [9.17, 15) is 0 Å². The molecule has 1 aromatic carbocycles. The molecule has 2 rings (SSSR count). The van der Waals surface area contributed by atoms with Crippen LogP contribution in [0.25, 0.3) is 0 Å². The Bertz CT molecular complexity index is 296. The number of rotatable bonds is 2. The van der Waals surface area contributed by atoms with E-state index < -0.39 is 0 Å². The number of fused-ring (bicyclic) bond motifs is 1. The highest BCUT2D eigenvalue weighted by Crippen LogP contribution is 2.25. The smallest absolute Gasteiger partial charge is 0.122 e. The van der Waals surface area contributed by atoms with Gasteiger partial charge >= 0.3 is 0 Å². The summed E-state index contributed by atoms with van der Waals surface area (Å²) in [5, 5.41) is 3.15. The monoisotopic (exact) mass is 177 g/mol. The van der Waals surface area contributed by atoms with Crippen LogP contribution in [0.2, 0.25) is 0 Å². The summed E-state index contributed by atoms with van der Waals surface area (Å²) in [6.45, 7) is 1.81. The molecular formula is C11H15NO. The first kappa shape index (κ1) is 8.57. The standard InChI is InChI=1S/C11H15NO/c1-12-8-9-4-5-11-10(7-9)3-2-6-13-11/h4-5,7,12H,2-3,6,8H2,1H3. The summed E-state index contributed by atoms with van der Waals surface area (Å²) in [4.78, 5) is 0. The third-order valence-electron chi connectivity index (χ3n) is 2.35. The molecule has 1 aromatic rings. The lowest BCUT2D eigenvalue weighted by molar-refractivity contribution is 0.288. The van der Waals surface area contributed by atoms with Gasteiger partial charge in [-0.1, -0.05) is 12.1 Å². The molecule has 13 heavy (non-hydrogen) atoms. The van der Waals surface area contributed by atoms with Crippen LogP contribution < -0.4 is 10.1 Å². The number of ether oxygens (including phenoxy) is 1. The van der Waals surface area contributed by atoms with Crippen LogP contribution in [-0.4, -0.2) is 13.7 Å². The van der Waals surface area contributed by atoms with Gasteiger partial charge in [-0.15, -0.1) is 0 Å². The quantitative estimate of drug-likeness (QED) is 0.742. The van der Waals surface area contributed by atoms with Gasteiger partial charge in [-0.2, -0.15) is 0 Å². The van der Waals surface area contributed by atoms with Crippen molar-refractivity contribution in [2.75, 3.05) is 13.7 Å². The van der Waals surface area contributed by atoms with Gasteiger partial charge in [0.1, 0.15) is 5.75 Å². The second kappa shape index (κ2) is 3.79. The van der Waals surface area contributed by atoms with Crippen molar-refractivity contribution >= 4 is 0 Å². The minimum Gasteiger partial charge on any atom is -0.493 e. The van der Waals surface area contributed by atoms with E-state index in [4.69, 9.17) is 4.74 Å². The van der Waals surface area contributed by atoms with Gasteiger partial charge in [0.25, 0.3) is 0 Å². The molecule has 1 heterocycles.